The van der Waals surface area contributed by atoms with Gasteiger partial charge < -0.3 is 9.84 Å². The molecule has 4 heteroatoms. The van der Waals surface area contributed by atoms with E-state index in [1.54, 1.807) is 25.4 Å². The molecule has 3 nitrogen and oxygen atoms in total. The van der Waals surface area contributed by atoms with Crippen LogP contribution in [0.15, 0.2) is 18.3 Å². The highest BCUT2D eigenvalue weighted by atomic mass is 79.9. The van der Waals surface area contributed by atoms with Gasteiger partial charge >= 0.3 is 0 Å². The highest BCUT2D eigenvalue weighted by Gasteiger charge is 2.05. The first-order valence-corrected chi connectivity index (χ1v) is 4.64. The van der Waals surface area contributed by atoms with Crippen LogP contribution < -0.4 is 4.74 Å². The summed E-state index contributed by atoms with van der Waals surface area (Å²) in [5.74, 6) is 0.695. The van der Waals surface area contributed by atoms with E-state index in [9.17, 15) is 5.11 Å². The lowest BCUT2D eigenvalue weighted by Gasteiger charge is -2.06. The van der Waals surface area contributed by atoms with E-state index in [-0.39, 0.29) is 0 Å². The summed E-state index contributed by atoms with van der Waals surface area (Å²) in [6.07, 6.45) is 1.04. The van der Waals surface area contributed by atoms with Gasteiger partial charge in [0.1, 0.15) is 11.9 Å². The first-order valence-electron chi connectivity index (χ1n) is 3.52. The van der Waals surface area contributed by atoms with Crippen LogP contribution in [-0.4, -0.2) is 22.5 Å². The van der Waals surface area contributed by atoms with Gasteiger partial charge in [-0.1, -0.05) is 15.9 Å². The molecule has 1 unspecified atom stereocenters. The molecule has 0 aliphatic rings. The Hall–Kier alpha value is -0.610. The molecule has 0 amide bonds. The van der Waals surface area contributed by atoms with E-state index in [4.69, 9.17) is 4.74 Å². The second kappa shape index (κ2) is 4.42. The Morgan fingerprint density at radius 3 is 2.83 bits per heavy atom. The molecule has 0 aromatic carbocycles. The van der Waals surface area contributed by atoms with Gasteiger partial charge in [0, 0.05) is 5.33 Å². The first kappa shape index (κ1) is 9.48. The van der Waals surface area contributed by atoms with E-state index in [0.29, 0.717) is 16.8 Å². The zero-order valence-corrected chi connectivity index (χ0v) is 8.28. The minimum Gasteiger partial charge on any atom is -0.495 e. The maximum Gasteiger partial charge on any atom is 0.137 e. The fourth-order valence-electron chi connectivity index (χ4n) is 0.789. The summed E-state index contributed by atoms with van der Waals surface area (Å²) in [5.41, 5.74) is 0.646. The number of aliphatic hydroxyl groups excluding tert-OH is 1. The van der Waals surface area contributed by atoms with E-state index in [2.05, 4.69) is 20.9 Å². The molecule has 1 N–H and O–H groups in total. The number of aromatic nitrogens is 1. The Kier molecular flexibility index (Phi) is 3.49. The molecule has 1 aromatic rings. The van der Waals surface area contributed by atoms with E-state index in [1.165, 1.54) is 0 Å². The number of rotatable bonds is 3. The van der Waals surface area contributed by atoms with E-state index < -0.39 is 6.10 Å². The monoisotopic (exact) mass is 231 g/mol. The quantitative estimate of drug-likeness (QED) is 0.803. The number of ether oxygens (including phenoxy) is 1. The molecule has 1 rings (SSSR count). The molecule has 0 fully saturated rings. The minimum atomic E-state index is -0.545. The largest absolute Gasteiger partial charge is 0.495 e. The summed E-state index contributed by atoms with van der Waals surface area (Å²) >= 11 is 3.17. The molecule has 1 atom stereocenters. The van der Waals surface area contributed by atoms with Gasteiger partial charge in [0.25, 0.3) is 0 Å². The first-order chi connectivity index (χ1) is 5.77. The van der Waals surface area contributed by atoms with Crippen molar-refractivity contribution in [2.75, 3.05) is 12.4 Å². The SMILES string of the molecule is COc1ccc(C(O)CBr)nc1. The van der Waals surface area contributed by atoms with Crippen molar-refractivity contribution in [3.05, 3.63) is 24.0 Å². The molecule has 0 saturated heterocycles. The van der Waals surface area contributed by atoms with Crippen LogP contribution in [0.2, 0.25) is 0 Å². The molecule has 0 bridgehead atoms. The number of alkyl halides is 1. The normalized spacial score (nSPS) is 12.6. The average molecular weight is 232 g/mol. The smallest absolute Gasteiger partial charge is 0.137 e. The molecule has 1 aromatic heterocycles. The lowest BCUT2D eigenvalue weighted by molar-refractivity contribution is 0.200. The third-order valence-corrected chi connectivity index (χ3v) is 2.10. The number of nitrogens with zero attached hydrogens (tertiary/aromatic N) is 1. The maximum atomic E-state index is 9.34. The Morgan fingerprint density at radius 2 is 2.42 bits per heavy atom. The average Bonchev–Trinajstić information content (AvgIpc) is 2.17. The van der Waals surface area contributed by atoms with Crippen LogP contribution in [0.25, 0.3) is 0 Å². The van der Waals surface area contributed by atoms with Crippen LogP contribution in [0.3, 0.4) is 0 Å². The topological polar surface area (TPSA) is 42.4 Å². The number of hydrogen-bond acceptors (Lipinski definition) is 3. The van der Waals surface area contributed by atoms with Gasteiger partial charge in [-0.05, 0) is 12.1 Å². The van der Waals surface area contributed by atoms with Crippen molar-refractivity contribution in [3.63, 3.8) is 0 Å². The van der Waals surface area contributed by atoms with Crippen LogP contribution in [-0.2, 0) is 0 Å². The predicted octanol–water partition coefficient (Wildman–Crippen LogP) is 1.52. The molecule has 66 valence electrons. The highest BCUT2D eigenvalue weighted by Crippen LogP contribution is 2.15. The van der Waals surface area contributed by atoms with Crippen molar-refractivity contribution in [2.45, 2.75) is 6.10 Å². The number of methoxy groups -OCH3 is 1. The highest BCUT2D eigenvalue weighted by molar-refractivity contribution is 9.09. The van der Waals surface area contributed by atoms with Crippen LogP contribution in [0.4, 0.5) is 0 Å². The maximum absolute atomic E-state index is 9.34. The van der Waals surface area contributed by atoms with Crippen LogP contribution >= 0.6 is 15.9 Å². The van der Waals surface area contributed by atoms with Gasteiger partial charge in [0.05, 0.1) is 19.0 Å². The summed E-state index contributed by atoms with van der Waals surface area (Å²) in [5, 5.41) is 9.84. The zero-order chi connectivity index (χ0) is 8.97. The number of halogens is 1. The lowest BCUT2D eigenvalue weighted by Crippen LogP contribution is -2.00. The van der Waals surface area contributed by atoms with Crippen LogP contribution in [0, 0.1) is 0 Å². The predicted molar refractivity (Wildman–Crippen MR) is 49.5 cm³/mol. The molecule has 12 heavy (non-hydrogen) atoms. The molecule has 0 saturated carbocycles. The Labute approximate surface area is 79.5 Å². The molecule has 0 aliphatic heterocycles. The molecule has 0 radical (unpaired) electrons. The fraction of sp³-hybridized carbons (Fsp3) is 0.375. The van der Waals surface area contributed by atoms with Crippen molar-refractivity contribution in [1.29, 1.82) is 0 Å². The van der Waals surface area contributed by atoms with Crippen LogP contribution in [0.5, 0.6) is 5.75 Å². The summed E-state index contributed by atoms with van der Waals surface area (Å²) in [4.78, 5) is 4.02. The van der Waals surface area contributed by atoms with E-state index in [0.717, 1.165) is 0 Å². The Balaban J connectivity index is 2.77. The number of aliphatic hydroxyl groups is 1. The van der Waals surface area contributed by atoms with Gasteiger partial charge in [-0.15, -0.1) is 0 Å². The van der Waals surface area contributed by atoms with Crippen LogP contribution in [0.1, 0.15) is 11.8 Å². The van der Waals surface area contributed by atoms with Crippen molar-refractivity contribution >= 4 is 15.9 Å². The molecule has 1 heterocycles. The third kappa shape index (κ3) is 2.19. The minimum absolute atomic E-state index is 0.492. The van der Waals surface area contributed by atoms with E-state index >= 15 is 0 Å². The Bertz CT molecular complexity index is 237. The van der Waals surface area contributed by atoms with Crippen molar-refractivity contribution in [2.24, 2.45) is 0 Å². The second-order valence-corrected chi connectivity index (χ2v) is 2.94. The second-order valence-electron chi connectivity index (χ2n) is 2.29. The number of hydrogen-bond donors (Lipinski definition) is 1. The summed E-state index contributed by atoms with van der Waals surface area (Å²) < 4.78 is 4.93. The Morgan fingerprint density at radius 1 is 1.67 bits per heavy atom. The summed E-state index contributed by atoms with van der Waals surface area (Å²) in [6, 6.07) is 3.51. The number of pyridine rings is 1. The third-order valence-electron chi connectivity index (χ3n) is 1.48. The van der Waals surface area contributed by atoms with E-state index in [1.807, 2.05) is 0 Å². The van der Waals surface area contributed by atoms with Gasteiger partial charge in [-0.25, -0.2) is 0 Å². The standard InChI is InChI=1S/C8H10BrNO2/c1-12-6-2-3-7(10-5-6)8(11)4-9/h2-3,5,8,11H,4H2,1H3. The lowest BCUT2D eigenvalue weighted by atomic mass is 10.2. The van der Waals surface area contributed by atoms with Crippen molar-refractivity contribution in [1.82, 2.24) is 4.98 Å². The molecule has 0 aliphatic carbocycles. The van der Waals surface area contributed by atoms with Gasteiger partial charge in [0.15, 0.2) is 0 Å². The fourth-order valence-corrected chi connectivity index (χ4v) is 1.12. The van der Waals surface area contributed by atoms with Gasteiger partial charge in [0.2, 0.25) is 0 Å². The van der Waals surface area contributed by atoms with Gasteiger partial charge in [-0.3, -0.25) is 4.98 Å². The molecule has 0 spiro atoms. The summed E-state index contributed by atoms with van der Waals surface area (Å²) in [6.45, 7) is 0. The van der Waals surface area contributed by atoms with Crippen molar-refractivity contribution in [3.8, 4) is 5.75 Å². The molecular weight excluding hydrogens is 222 g/mol. The van der Waals surface area contributed by atoms with Crippen molar-refractivity contribution < 1.29 is 9.84 Å². The molecular formula is C8H10BrNO2. The zero-order valence-electron chi connectivity index (χ0n) is 6.70. The van der Waals surface area contributed by atoms with Gasteiger partial charge in [-0.2, -0.15) is 0 Å². The summed E-state index contributed by atoms with van der Waals surface area (Å²) in [7, 11) is 1.58.